The van der Waals surface area contributed by atoms with Crippen molar-refractivity contribution in [3.05, 3.63) is 65.7 Å². The molecule has 2 aromatic carbocycles. The molecule has 1 aliphatic carbocycles. The van der Waals surface area contributed by atoms with Crippen LogP contribution in [0.2, 0.25) is 0 Å². The quantitative estimate of drug-likeness (QED) is 0.317. The molecule has 2 aliphatic rings. The van der Waals surface area contributed by atoms with Crippen LogP contribution in [0.3, 0.4) is 0 Å². The summed E-state index contributed by atoms with van der Waals surface area (Å²) < 4.78 is 25.8. The molecule has 0 aromatic heterocycles. The molecule has 1 N–H and O–H groups in total. The summed E-state index contributed by atoms with van der Waals surface area (Å²) in [5, 5.41) is 4.20. The van der Waals surface area contributed by atoms with Crippen LogP contribution in [0.5, 0.6) is 0 Å². The Morgan fingerprint density at radius 3 is 2.24 bits per heavy atom. The minimum atomic E-state index is -3.70. The Morgan fingerprint density at radius 2 is 1.62 bits per heavy atom. The number of nitrogens with one attached hydrogen (secondary N) is 1. The maximum atomic E-state index is 14.5. The van der Waals surface area contributed by atoms with E-state index in [1.165, 1.54) is 6.92 Å². The number of rotatable bonds is 10. The molecule has 0 radical (unpaired) electrons. The van der Waals surface area contributed by atoms with Crippen molar-refractivity contribution in [3.8, 4) is 0 Å². The Balaban J connectivity index is 1.69. The van der Waals surface area contributed by atoms with Crippen molar-refractivity contribution in [2.75, 3.05) is 17.8 Å². The summed E-state index contributed by atoms with van der Waals surface area (Å²) in [7, 11) is -3.70. The SMILES string of the molecule is CCOP(=O)(CC1(C(=O)N[C@]2(C(C)(C)C)CCc3ccccc3N(OC(C)=O)C2=O)CCCC1)OCc1ccccc1. The Kier molecular flexibility index (Phi) is 9.65. The van der Waals surface area contributed by atoms with Crippen LogP contribution in [-0.4, -0.2) is 36.1 Å². The normalized spacial score (nSPS) is 21.6. The Labute approximate surface area is 248 Å². The zero-order valence-electron chi connectivity index (χ0n) is 25.3. The van der Waals surface area contributed by atoms with E-state index in [0.29, 0.717) is 31.4 Å². The summed E-state index contributed by atoms with van der Waals surface area (Å²) in [5.74, 6) is -1.53. The van der Waals surface area contributed by atoms with Gasteiger partial charge in [0.2, 0.25) is 5.91 Å². The first-order chi connectivity index (χ1) is 19.8. The van der Waals surface area contributed by atoms with Crippen LogP contribution in [0.15, 0.2) is 54.6 Å². The molecule has 0 spiro atoms. The third-order valence-corrected chi connectivity index (χ3v) is 10.7. The molecule has 0 saturated heterocycles. The predicted octanol–water partition coefficient (Wildman–Crippen LogP) is 6.35. The number of anilines is 1. The molecule has 1 heterocycles. The van der Waals surface area contributed by atoms with Gasteiger partial charge in [0.25, 0.3) is 5.91 Å². The highest BCUT2D eigenvalue weighted by Gasteiger charge is 2.57. The third-order valence-electron chi connectivity index (χ3n) is 8.49. The van der Waals surface area contributed by atoms with Crippen molar-refractivity contribution >= 4 is 31.1 Å². The van der Waals surface area contributed by atoms with Crippen molar-refractivity contribution in [2.45, 2.75) is 85.3 Å². The summed E-state index contributed by atoms with van der Waals surface area (Å²) >= 11 is 0. The van der Waals surface area contributed by atoms with E-state index in [1.54, 1.807) is 19.1 Å². The molecule has 2 aromatic rings. The van der Waals surface area contributed by atoms with E-state index in [4.69, 9.17) is 13.9 Å². The molecule has 2 atom stereocenters. The van der Waals surface area contributed by atoms with Crippen LogP contribution >= 0.6 is 7.60 Å². The van der Waals surface area contributed by atoms with E-state index in [0.717, 1.165) is 29.0 Å². The highest BCUT2D eigenvalue weighted by Crippen LogP contribution is 2.57. The number of amides is 2. The first-order valence-electron chi connectivity index (χ1n) is 14.7. The highest BCUT2D eigenvalue weighted by molar-refractivity contribution is 7.53. The number of hydrogen-bond donors (Lipinski definition) is 1. The van der Waals surface area contributed by atoms with E-state index in [1.807, 2.05) is 63.2 Å². The fourth-order valence-corrected chi connectivity index (χ4v) is 8.33. The lowest BCUT2D eigenvalue weighted by Crippen LogP contribution is -2.68. The zero-order valence-corrected chi connectivity index (χ0v) is 26.2. The molecule has 2 amide bonds. The van der Waals surface area contributed by atoms with E-state index in [2.05, 4.69) is 5.32 Å². The maximum Gasteiger partial charge on any atom is 0.332 e. The predicted molar refractivity (Wildman–Crippen MR) is 161 cm³/mol. The third kappa shape index (κ3) is 6.64. The van der Waals surface area contributed by atoms with Gasteiger partial charge in [-0.1, -0.05) is 82.1 Å². The second kappa shape index (κ2) is 12.7. The maximum absolute atomic E-state index is 14.5. The second-order valence-electron chi connectivity index (χ2n) is 12.4. The zero-order chi connectivity index (χ0) is 30.6. The number of aryl methyl sites for hydroxylation is 1. The van der Waals surface area contributed by atoms with Gasteiger partial charge in [-0.25, -0.2) is 4.79 Å². The topological polar surface area (TPSA) is 111 Å². The van der Waals surface area contributed by atoms with Crippen LogP contribution < -0.4 is 10.4 Å². The molecule has 1 fully saturated rings. The van der Waals surface area contributed by atoms with Gasteiger partial charge < -0.3 is 19.2 Å². The minimum Gasteiger partial charge on any atom is -0.341 e. The van der Waals surface area contributed by atoms with Crippen LogP contribution in [0.25, 0.3) is 0 Å². The van der Waals surface area contributed by atoms with Gasteiger partial charge in [0.05, 0.1) is 30.5 Å². The lowest BCUT2D eigenvalue weighted by atomic mass is 9.69. The van der Waals surface area contributed by atoms with Gasteiger partial charge in [-0.3, -0.25) is 14.2 Å². The summed E-state index contributed by atoms with van der Waals surface area (Å²) in [5.41, 5.74) is -1.09. The molecule has 1 saturated carbocycles. The number of hydrogen-bond acceptors (Lipinski definition) is 7. The minimum absolute atomic E-state index is 0.0885. The molecular weight excluding hydrogens is 555 g/mol. The van der Waals surface area contributed by atoms with Gasteiger partial charge in [-0.15, -0.1) is 5.06 Å². The number of fused-ring (bicyclic) bond motifs is 1. The molecular formula is C32H43N2O7P. The van der Waals surface area contributed by atoms with E-state index < -0.39 is 35.8 Å². The fourth-order valence-electron chi connectivity index (χ4n) is 6.13. The number of benzene rings is 2. The molecule has 1 aliphatic heterocycles. The summed E-state index contributed by atoms with van der Waals surface area (Å²) in [6.07, 6.45) is 3.22. The Hall–Kier alpha value is -3.00. The van der Waals surface area contributed by atoms with Gasteiger partial charge in [-0.05, 0) is 55.2 Å². The van der Waals surface area contributed by atoms with Crippen molar-refractivity contribution in [1.82, 2.24) is 5.32 Å². The molecule has 9 nitrogen and oxygen atoms in total. The van der Waals surface area contributed by atoms with Gasteiger partial charge in [0.15, 0.2) is 0 Å². The van der Waals surface area contributed by atoms with Crippen LogP contribution in [0, 0.1) is 10.8 Å². The molecule has 228 valence electrons. The number of carbonyl (C=O) groups is 3. The van der Waals surface area contributed by atoms with Crippen LogP contribution in [0.4, 0.5) is 5.69 Å². The lowest BCUT2D eigenvalue weighted by molar-refractivity contribution is -0.154. The lowest BCUT2D eigenvalue weighted by Gasteiger charge is -2.46. The van der Waals surface area contributed by atoms with Crippen molar-refractivity contribution in [2.24, 2.45) is 10.8 Å². The van der Waals surface area contributed by atoms with Crippen molar-refractivity contribution < 1.29 is 32.8 Å². The van der Waals surface area contributed by atoms with E-state index in [9.17, 15) is 18.9 Å². The molecule has 0 bridgehead atoms. The Morgan fingerprint density at radius 1 is 0.976 bits per heavy atom. The number of hydroxylamine groups is 1. The molecule has 1 unspecified atom stereocenters. The Bertz CT molecular complexity index is 1330. The number of carbonyl (C=O) groups excluding carboxylic acids is 3. The largest absolute Gasteiger partial charge is 0.341 e. The average Bonchev–Trinajstić information content (AvgIpc) is 3.38. The van der Waals surface area contributed by atoms with Gasteiger partial charge in [0, 0.05) is 6.92 Å². The summed E-state index contributed by atoms with van der Waals surface area (Å²) in [6.45, 7) is 8.93. The smallest absolute Gasteiger partial charge is 0.332 e. The highest BCUT2D eigenvalue weighted by atomic mass is 31.2. The van der Waals surface area contributed by atoms with Crippen LogP contribution in [-0.2, 0) is 45.9 Å². The first kappa shape index (κ1) is 31.9. The van der Waals surface area contributed by atoms with Crippen LogP contribution in [0.1, 0.15) is 77.8 Å². The van der Waals surface area contributed by atoms with Gasteiger partial charge in [0.1, 0.15) is 5.54 Å². The molecule has 4 rings (SSSR count). The number of para-hydroxylation sites is 1. The summed E-state index contributed by atoms with van der Waals surface area (Å²) in [4.78, 5) is 46.6. The first-order valence-corrected chi connectivity index (χ1v) is 16.4. The second-order valence-corrected chi connectivity index (χ2v) is 14.4. The van der Waals surface area contributed by atoms with Crippen molar-refractivity contribution in [1.29, 1.82) is 0 Å². The standard InChI is InChI=1S/C32H43N2O7P/c1-6-39-42(38,40-22-25-14-8-7-9-15-25)23-31(19-12-13-20-31)28(36)33-32(30(3,4)5)21-18-26-16-10-11-17-27(26)34(29(32)37)41-24(2)35/h7-11,14-17H,6,12-13,18-23H2,1-5H3,(H,33,36)/t32-,42?/m1/s1. The fraction of sp³-hybridized carbons (Fsp3) is 0.531. The van der Waals surface area contributed by atoms with Gasteiger partial charge >= 0.3 is 13.6 Å². The van der Waals surface area contributed by atoms with Crippen molar-refractivity contribution in [3.63, 3.8) is 0 Å². The summed E-state index contributed by atoms with van der Waals surface area (Å²) in [6, 6.07) is 16.7. The van der Waals surface area contributed by atoms with E-state index >= 15 is 0 Å². The molecule has 10 heteroatoms. The van der Waals surface area contributed by atoms with E-state index in [-0.39, 0.29) is 25.3 Å². The van der Waals surface area contributed by atoms with Gasteiger partial charge in [-0.2, -0.15) is 0 Å². The average molecular weight is 599 g/mol. The number of nitrogens with zero attached hydrogens (tertiary/aromatic N) is 1. The monoisotopic (exact) mass is 598 g/mol. The molecule has 42 heavy (non-hydrogen) atoms.